The minimum Gasteiger partial charge on any atom is -0.392 e. The first kappa shape index (κ1) is 14.7. The van der Waals surface area contributed by atoms with Gasteiger partial charge in [0.2, 0.25) is 0 Å². The zero-order valence-corrected chi connectivity index (χ0v) is 13.0. The van der Waals surface area contributed by atoms with Crippen molar-refractivity contribution in [3.63, 3.8) is 0 Å². The van der Waals surface area contributed by atoms with E-state index in [0.717, 1.165) is 26.1 Å². The number of aromatic nitrogens is 1. The van der Waals surface area contributed by atoms with Crippen molar-refractivity contribution in [2.45, 2.75) is 18.6 Å². The van der Waals surface area contributed by atoms with Gasteiger partial charge in [0.25, 0.3) is 0 Å². The fourth-order valence-corrected chi connectivity index (χ4v) is 3.49. The summed E-state index contributed by atoms with van der Waals surface area (Å²) in [6.45, 7) is 2.69. The number of rotatable bonds is 5. The summed E-state index contributed by atoms with van der Waals surface area (Å²) in [6.07, 6.45) is 2.64. The molecule has 1 aliphatic heterocycles. The van der Waals surface area contributed by atoms with E-state index in [9.17, 15) is 5.11 Å². The van der Waals surface area contributed by atoms with Crippen molar-refractivity contribution in [3.8, 4) is 10.4 Å². The van der Waals surface area contributed by atoms with Crippen molar-refractivity contribution in [2.75, 3.05) is 26.7 Å². The minimum absolute atomic E-state index is 0.161. The van der Waals surface area contributed by atoms with Crippen LogP contribution in [0.2, 0.25) is 0 Å². The highest BCUT2D eigenvalue weighted by Gasteiger charge is 2.23. The molecule has 1 aromatic carbocycles. The smallest absolute Gasteiger partial charge is 0.0797 e. The van der Waals surface area contributed by atoms with Gasteiger partial charge in [-0.1, -0.05) is 18.2 Å². The van der Waals surface area contributed by atoms with Gasteiger partial charge in [-0.2, -0.15) is 0 Å². The Morgan fingerprint density at radius 2 is 2.43 bits per heavy atom. The Balaban J connectivity index is 1.76. The number of benzene rings is 1. The monoisotopic (exact) mass is 303 g/mol. The summed E-state index contributed by atoms with van der Waals surface area (Å²) in [5, 5.41) is 13.1. The zero-order valence-electron chi connectivity index (χ0n) is 12.2. The van der Waals surface area contributed by atoms with Gasteiger partial charge >= 0.3 is 0 Å². The van der Waals surface area contributed by atoms with Gasteiger partial charge in [0.15, 0.2) is 0 Å². The van der Waals surface area contributed by atoms with Crippen molar-refractivity contribution in [1.82, 2.24) is 15.2 Å². The number of aliphatic hydroxyl groups is 1. The van der Waals surface area contributed by atoms with Crippen molar-refractivity contribution in [2.24, 2.45) is 0 Å². The van der Waals surface area contributed by atoms with E-state index in [1.807, 2.05) is 18.8 Å². The van der Waals surface area contributed by atoms with Gasteiger partial charge in [0.05, 0.1) is 16.5 Å². The topological polar surface area (TPSA) is 48.4 Å². The normalized spacial score (nSPS) is 20.8. The molecule has 21 heavy (non-hydrogen) atoms. The standard InChI is InChI=1S/C16H21N3OS/c1-17-15(10-19-6-5-14(20)9-19)12-3-2-4-13(7-12)16-8-18-11-21-16/h2-4,7-8,11,14-15,17,20H,5-6,9-10H2,1H3/t14-,15-/m1/s1. The van der Waals surface area contributed by atoms with E-state index in [1.54, 1.807) is 11.3 Å². The molecule has 2 atom stereocenters. The fourth-order valence-electron chi connectivity index (χ4n) is 2.87. The van der Waals surface area contributed by atoms with E-state index >= 15 is 0 Å². The number of nitrogens with one attached hydrogen (secondary N) is 1. The van der Waals surface area contributed by atoms with Crippen molar-refractivity contribution in [3.05, 3.63) is 41.5 Å². The van der Waals surface area contributed by atoms with Gasteiger partial charge in [-0.25, -0.2) is 0 Å². The first-order valence-corrected chi connectivity index (χ1v) is 8.20. The third-order valence-corrected chi connectivity index (χ3v) is 4.86. The van der Waals surface area contributed by atoms with Crippen LogP contribution in [0.1, 0.15) is 18.0 Å². The maximum Gasteiger partial charge on any atom is 0.0797 e. The van der Waals surface area contributed by atoms with Crippen molar-refractivity contribution in [1.29, 1.82) is 0 Å². The Hall–Kier alpha value is -1.27. The molecule has 4 nitrogen and oxygen atoms in total. The molecule has 112 valence electrons. The molecule has 5 heteroatoms. The SMILES string of the molecule is CN[C@H](CN1CC[C@@H](O)C1)c1cccc(-c2cncs2)c1. The van der Waals surface area contributed by atoms with Crippen LogP contribution in [0, 0.1) is 0 Å². The second kappa shape index (κ2) is 6.66. The Labute approximate surface area is 129 Å². The molecule has 1 aromatic heterocycles. The molecular weight excluding hydrogens is 282 g/mol. The molecule has 2 N–H and O–H groups in total. The molecule has 2 aromatic rings. The van der Waals surface area contributed by atoms with Gasteiger partial charge in [-0.3, -0.25) is 9.88 Å². The summed E-state index contributed by atoms with van der Waals surface area (Å²) in [5.41, 5.74) is 4.37. The van der Waals surface area contributed by atoms with E-state index in [2.05, 4.69) is 39.5 Å². The first-order valence-electron chi connectivity index (χ1n) is 7.33. The number of β-amino-alcohol motifs (C(OH)–C–C–N with tert-alkyl or cyclic N) is 1. The molecule has 0 bridgehead atoms. The maximum absolute atomic E-state index is 9.66. The molecular formula is C16H21N3OS. The predicted molar refractivity (Wildman–Crippen MR) is 86.4 cm³/mol. The highest BCUT2D eigenvalue weighted by atomic mass is 32.1. The second-order valence-electron chi connectivity index (χ2n) is 5.53. The third-order valence-electron chi connectivity index (χ3n) is 4.04. The number of hydrogen-bond acceptors (Lipinski definition) is 5. The molecule has 1 fully saturated rings. The summed E-state index contributed by atoms with van der Waals surface area (Å²) < 4.78 is 0. The van der Waals surface area contributed by atoms with Crippen LogP contribution in [0.4, 0.5) is 0 Å². The Kier molecular flexibility index (Phi) is 4.65. The molecule has 0 saturated carbocycles. The average Bonchev–Trinajstić information content (AvgIpc) is 3.16. The highest BCUT2D eigenvalue weighted by Crippen LogP contribution is 2.26. The van der Waals surface area contributed by atoms with Crippen LogP contribution >= 0.6 is 11.3 Å². The van der Waals surface area contributed by atoms with E-state index in [1.165, 1.54) is 16.0 Å². The summed E-state index contributed by atoms with van der Waals surface area (Å²) in [7, 11) is 2.00. The quantitative estimate of drug-likeness (QED) is 0.888. The average molecular weight is 303 g/mol. The lowest BCUT2D eigenvalue weighted by atomic mass is 10.0. The number of thiazole rings is 1. The minimum atomic E-state index is -0.161. The van der Waals surface area contributed by atoms with Gasteiger partial charge < -0.3 is 10.4 Å². The molecule has 0 aliphatic carbocycles. The van der Waals surface area contributed by atoms with Crippen LogP contribution in [-0.2, 0) is 0 Å². The molecule has 1 saturated heterocycles. The molecule has 1 aliphatic rings. The second-order valence-corrected chi connectivity index (χ2v) is 6.42. The number of nitrogens with zero attached hydrogens (tertiary/aromatic N) is 2. The summed E-state index contributed by atoms with van der Waals surface area (Å²) in [6, 6.07) is 8.92. The van der Waals surface area contributed by atoms with Crippen LogP contribution < -0.4 is 5.32 Å². The molecule has 0 spiro atoms. The summed E-state index contributed by atoms with van der Waals surface area (Å²) in [4.78, 5) is 7.67. The third kappa shape index (κ3) is 3.49. The van der Waals surface area contributed by atoms with Crippen LogP contribution in [-0.4, -0.2) is 47.8 Å². The molecule has 0 amide bonds. The number of likely N-dealkylation sites (N-methyl/N-ethyl adjacent to an activating group) is 1. The van der Waals surface area contributed by atoms with E-state index in [0.29, 0.717) is 0 Å². The van der Waals surface area contributed by atoms with E-state index < -0.39 is 0 Å². The molecule has 0 radical (unpaired) electrons. The summed E-state index contributed by atoms with van der Waals surface area (Å²) in [5.74, 6) is 0. The molecule has 0 unspecified atom stereocenters. The molecule has 3 rings (SSSR count). The van der Waals surface area contributed by atoms with Crippen molar-refractivity contribution >= 4 is 11.3 Å². The fraction of sp³-hybridized carbons (Fsp3) is 0.438. The Morgan fingerprint density at radius 3 is 3.10 bits per heavy atom. The summed E-state index contributed by atoms with van der Waals surface area (Å²) >= 11 is 1.66. The van der Waals surface area contributed by atoms with Crippen LogP contribution in [0.15, 0.2) is 36.0 Å². The van der Waals surface area contributed by atoms with Crippen molar-refractivity contribution < 1.29 is 5.11 Å². The number of hydrogen-bond donors (Lipinski definition) is 2. The zero-order chi connectivity index (χ0) is 14.7. The van der Waals surface area contributed by atoms with Gasteiger partial charge in [0.1, 0.15) is 0 Å². The van der Waals surface area contributed by atoms with Crippen LogP contribution in [0.3, 0.4) is 0 Å². The lowest BCUT2D eigenvalue weighted by Crippen LogP contribution is -2.33. The van der Waals surface area contributed by atoms with Gasteiger partial charge in [-0.15, -0.1) is 11.3 Å². The lowest BCUT2D eigenvalue weighted by Gasteiger charge is -2.24. The number of likely N-dealkylation sites (tertiary alicyclic amines) is 1. The van der Waals surface area contributed by atoms with E-state index in [4.69, 9.17) is 0 Å². The maximum atomic E-state index is 9.66. The molecule has 2 heterocycles. The van der Waals surface area contributed by atoms with Crippen LogP contribution in [0.5, 0.6) is 0 Å². The largest absolute Gasteiger partial charge is 0.392 e. The Morgan fingerprint density at radius 1 is 1.52 bits per heavy atom. The Bertz CT molecular complexity index is 573. The van der Waals surface area contributed by atoms with Gasteiger partial charge in [0, 0.05) is 31.9 Å². The first-order chi connectivity index (χ1) is 10.3. The van der Waals surface area contributed by atoms with E-state index in [-0.39, 0.29) is 12.1 Å². The number of aliphatic hydroxyl groups excluding tert-OH is 1. The highest BCUT2D eigenvalue weighted by molar-refractivity contribution is 7.13. The van der Waals surface area contributed by atoms with Crippen LogP contribution in [0.25, 0.3) is 10.4 Å². The predicted octanol–water partition coefficient (Wildman–Crippen LogP) is 2.14. The lowest BCUT2D eigenvalue weighted by molar-refractivity contribution is 0.173. The van der Waals surface area contributed by atoms with Gasteiger partial charge in [-0.05, 0) is 30.7 Å².